The van der Waals surface area contributed by atoms with E-state index < -0.39 is 0 Å². The lowest BCUT2D eigenvalue weighted by Gasteiger charge is -2.44. The minimum absolute atomic E-state index is 0.208. The Balaban J connectivity index is 1.36. The minimum Gasteiger partial charge on any atom is -0.370 e. The normalized spacial score (nSPS) is 21.2. The van der Waals surface area contributed by atoms with Gasteiger partial charge >= 0.3 is 0 Å². The predicted octanol–water partition coefficient (Wildman–Crippen LogP) is 3.15. The molecule has 0 bridgehead atoms. The molecule has 0 saturated carbocycles. The lowest BCUT2D eigenvalue weighted by atomic mass is 9.82. The van der Waals surface area contributed by atoms with Crippen LogP contribution >= 0.6 is 11.3 Å². The van der Waals surface area contributed by atoms with Gasteiger partial charge in [0.1, 0.15) is 0 Å². The largest absolute Gasteiger partial charge is 0.370 e. The number of thiophene rings is 1. The summed E-state index contributed by atoms with van der Waals surface area (Å²) in [5.41, 5.74) is 1.95. The fraction of sp³-hybridized carbons (Fsp3) is 0.571. The molecule has 2 saturated heterocycles. The van der Waals surface area contributed by atoms with E-state index in [4.69, 9.17) is 4.74 Å². The van der Waals surface area contributed by atoms with E-state index in [-0.39, 0.29) is 11.5 Å². The number of amides is 1. The Labute approximate surface area is 169 Å². The molecule has 6 nitrogen and oxygen atoms in total. The van der Waals surface area contributed by atoms with Gasteiger partial charge in [-0.3, -0.25) is 4.79 Å². The van der Waals surface area contributed by atoms with E-state index in [2.05, 4.69) is 21.2 Å². The first kappa shape index (κ1) is 18.1. The molecule has 0 radical (unpaired) electrons. The number of likely N-dealkylation sites (tertiary alicyclic amines) is 1. The lowest BCUT2D eigenvalue weighted by Crippen LogP contribution is -2.46. The number of aromatic nitrogens is 2. The lowest BCUT2D eigenvalue weighted by molar-refractivity contribution is -0.0757. The highest BCUT2D eigenvalue weighted by molar-refractivity contribution is 7.14. The van der Waals surface area contributed by atoms with Crippen molar-refractivity contribution in [1.29, 1.82) is 0 Å². The topological polar surface area (TPSA) is 58.6 Å². The van der Waals surface area contributed by atoms with Crippen molar-refractivity contribution in [2.24, 2.45) is 0 Å². The van der Waals surface area contributed by atoms with Gasteiger partial charge in [0.15, 0.2) is 5.82 Å². The average molecular weight is 399 g/mol. The highest BCUT2D eigenvalue weighted by Gasteiger charge is 2.43. The summed E-state index contributed by atoms with van der Waals surface area (Å²) >= 11 is 1.69. The minimum atomic E-state index is -0.248. The Kier molecular flexibility index (Phi) is 4.59. The number of piperidine rings is 1. The van der Waals surface area contributed by atoms with Crippen LogP contribution in [0.4, 0.5) is 5.82 Å². The number of carbonyl (C=O) groups excluding carboxylic acids is 1. The first-order valence-corrected chi connectivity index (χ1v) is 11.1. The van der Waals surface area contributed by atoms with Crippen molar-refractivity contribution >= 4 is 23.1 Å². The fourth-order valence-electron chi connectivity index (χ4n) is 4.67. The van der Waals surface area contributed by atoms with E-state index in [9.17, 15) is 4.79 Å². The van der Waals surface area contributed by atoms with Crippen LogP contribution in [0.2, 0.25) is 0 Å². The number of hydrogen-bond acceptors (Lipinski definition) is 6. The van der Waals surface area contributed by atoms with Crippen molar-refractivity contribution in [2.75, 3.05) is 37.7 Å². The van der Waals surface area contributed by atoms with Gasteiger partial charge in [-0.1, -0.05) is 0 Å². The average Bonchev–Trinajstić information content (AvgIpc) is 3.40. The summed E-state index contributed by atoms with van der Waals surface area (Å²) in [6, 6.07) is 6.20. The Morgan fingerprint density at radius 2 is 1.93 bits per heavy atom. The van der Waals surface area contributed by atoms with Crippen LogP contribution in [0.3, 0.4) is 0 Å². The highest BCUT2D eigenvalue weighted by Crippen LogP contribution is 2.45. The molecule has 7 heteroatoms. The van der Waals surface area contributed by atoms with Gasteiger partial charge in [0.05, 0.1) is 22.8 Å². The third-order valence-electron chi connectivity index (χ3n) is 6.29. The molecule has 0 unspecified atom stereocenters. The molecule has 1 amide bonds. The second-order valence-electron chi connectivity index (χ2n) is 8.06. The van der Waals surface area contributed by atoms with E-state index in [0.717, 1.165) is 81.3 Å². The smallest absolute Gasteiger partial charge is 0.263 e. The summed E-state index contributed by atoms with van der Waals surface area (Å²) in [6.45, 7) is 6.28. The van der Waals surface area contributed by atoms with E-state index in [1.807, 2.05) is 24.0 Å². The molecule has 0 atom stereocenters. The van der Waals surface area contributed by atoms with Crippen LogP contribution in [0.25, 0.3) is 0 Å². The summed E-state index contributed by atoms with van der Waals surface area (Å²) in [7, 11) is 0. The zero-order valence-corrected chi connectivity index (χ0v) is 17.1. The van der Waals surface area contributed by atoms with Crippen LogP contribution < -0.4 is 4.90 Å². The van der Waals surface area contributed by atoms with Gasteiger partial charge in [0.25, 0.3) is 5.91 Å². The number of anilines is 1. The Morgan fingerprint density at radius 3 is 2.64 bits per heavy atom. The summed E-state index contributed by atoms with van der Waals surface area (Å²) in [5, 5.41) is 8.53. The Bertz CT molecular complexity index is 865. The predicted molar refractivity (Wildman–Crippen MR) is 109 cm³/mol. The summed E-state index contributed by atoms with van der Waals surface area (Å²) in [6.07, 6.45) is 5.01. The molecular formula is C21H26N4O2S. The van der Waals surface area contributed by atoms with Crippen LogP contribution in [0.1, 0.15) is 51.5 Å². The van der Waals surface area contributed by atoms with Crippen molar-refractivity contribution in [2.45, 2.75) is 44.6 Å². The quantitative estimate of drug-likeness (QED) is 0.778. The molecule has 3 aliphatic heterocycles. The van der Waals surface area contributed by atoms with Crippen LogP contribution in [-0.2, 0) is 16.8 Å². The van der Waals surface area contributed by atoms with E-state index in [1.165, 1.54) is 10.4 Å². The fourth-order valence-corrected chi connectivity index (χ4v) is 5.87. The van der Waals surface area contributed by atoms with Crippen LogP contribution in [-0.4, -0.2) is 53.8 Å². The number of fused-ring (bicyclic) bond motifs is 2. The number of hydrogen-bond donors (Lipinski definition) is 0. The van der Waals surface area contributed by atoms with Gasteiger partial charge in [-0.2, -0.15) is 5.10 Å². The maximum Gasteiger partial charge on any atom is 0.263 e. The first-order chi connectivity index (χ1) is 13.6. The van der Waals surface area contributed by atoms with Crippen LogP contribution in [0, 0.1) is 6.92 Å². The van der Waals surface area contributed by atoms with Crippen LogP contribution in [0.5, 0.6) is 0 Å². The maximum atomic E-state index is 12.9. The number of ether oxygens (including phenoxy) is 1. The van der Waals surface area contributed by atoms with Crippen molar-refractivity contribution in [1.82, 2.24) is 15.1 Å². The van der Waals surface area contributed by atoms with Gasteiger partial charge in [-0.15, -0.1) is 16.4 Å². The summed E-state index contributed by atoms with van der Waals surface area (Å²) in [4.78, 5) is 19.4. The first-order valence-electron chi connectivity index (χ1n) is 10.3. The van der Waals surface area contributed by atoms with Gasteiger partial charge in [-0.25, -0.2) is 0 Å². The molecule has 148 valence electrons. The SMILES string of the molecule is Cc1ccc(N2CCC3(CC2)OCCc2sc(C(=O)N4CCCC4)cc23)nn1. The molecule has 1 spiro atoms. The molecule has 2 aromatic heterocycles. The van der Waals surface area contributed by atoms with E-state index in [1.54, 1.807) is 11.3 Å². The molecule has 5 heterocycles. The summed E-state index contributed by atoms with van der Waals surface area (Å²) in [5.74, 6) is 1.14. The highest BCUT2D eigenvalue weighted by atomic mass is 32.1. The van der Waals surface area contributed by atoms with Crippen LogP contribution in [0.15, 0.2) is 18.2 Å². The molecule has 28 heavy (non-hydrogen) atoms. The van der Waals surface area contributed by atoms with Gasteiger partial charge in [0.2, 0.25) is 0 Å². The maximum absolute atomic E-state index is 12.9. The van der Waals surface area contributed by atoms with E-state index in [0.29, 0.717) is 0 Å². The molecule has 0 aliphatic carbocycles. The zero-order valence-electron chi connectivity index (χ0n) is 16.3. The van der Waals surface area contributed by atoms with Crippen molar-refractivity contribution in [3.8, 4) is 0 Å². The molecule has 2 fully saturated rings. The third-order valence-corrected chi connectivity index (χ3v) is 7.47. The van der Waals surface area contributed by atoms with Crippen molar-refractivity contribution in [3.05, 3.63) is 39.2 Å². The Hall–Kier alpha value is -1.99. The van der Waals surface area contributed by atoms with Crippen molar-refractivity contribution < 1.29 is 9.53 Å². The monoisotopic (exact) mass is 398 g/mol. The Morgan fingerprint density at radius 1 is 1.14 bits per heavy atom. The molecule has 0 aromatic carbocycles. The molecule has 5 rings (SSSR count). The number of nitrogens with zero attached hydrogens (tertiary/aromatic N) is 4. The standard InChI is InChI=1S/C21H26N4O2S/c1-15-4-5-19(23-22-15)24-11-7-21(8-12-24)16-14-18(28-17(16)6-13-27-21)20(26)25-9-2-3-10-25/h4-5,14H,2-3,6-13H2,1H3. The van der Waals surface area contributed by atoms with Gasteiger partial charge < -0.3 is 14.5 Å². The van der Waals surface area contributed by atoms with Crippen molar-refractivity contribution in [3.63, 3.8) is 0 Å². The molecule has 2 aromatic rings. The second kappa shape index (κ2) is 7.12. The second-order valence-corrected chi connectivity index (χ2v) is 9.20. The number of aryl methyl sites for hydroxylation is 1. The number of rotatable bonds is 2. The molecule has 3 aliphatic rings. The van der Waals surface area contributed by atoms with Gasteiger partial charge in [-0.05, 0) is 56.4 Å². The zero-order chi connectivity index (χ0) is 19.1. The molecule has 0 N–H and O–H groups in total. The third kappa shape index (κ3) is 3.10. The molecular weight excluding hydrogens is 372 g/mol. The summed E-state index contributed by atoms with van der Waals surface area (Å²) < 4.78 is 6.37. The van der Waals surface area contributed by atoms with E-state index >= 15 is 0 Å². The van der Waals surface area contributed by atoms with Gasteiger partial charge in [0, 0.05) is 37.5 Å². The number of carbonyl (C=O) groups is 1.